The number of hydrogen-bond acceptors (Lipinski definition) is 5. The van der Waals surface area contributed by atoms with Gasteiger partial charge in [0.15, 0.2) is 5.82 Å². The molecule has 1 N–H and O–H groups in total. The van der Waals surface area contributed by atoms with Crippen molar-refractivity contribution in [1.82, 2.24) is 24.5 Å². The maximum absolute atomic E-state index is 14.5. The van der Waals surface area contributed by atoms with E-state index in [0.29, 0.717) is 40.3 Å². The van der Waals surface area contributed by atoms with E-state index in [-0.39, 0.29) is 5.56 Å². The largest absolute Gasteiger partial charge is 0.465 e. The number of nitrogens with one attached hydrogen (secondary N) is 1. The van der Waals surface area contributed by atoms with E-state index in [0.717, 1.165) is 12.8 Å². The van der Waals surface area contributed by atoms with Gasteiger partial charge in [0.25, 0.3) is 5.91 Å². The maximum Gasteiger partial charge on any atom is 0.339 e. The first-order chi connectivity index (χ1) is 15.9. The molecule has 9 heteroatoms. The Hall–Kier alpha value is -4.01. The van der Waals surface area contributed by atoms with Crippen LogP contribution in [0.15, 0.2) is 49.1 Å². The Morgan fingerprint density at radius 1 is 1.18 bits per heavy atom. The molecule has 8 nitrogen and oxygen atoms in total. The molecule has 4 aromatic rings. The summed E-state index contributed by atoms with van der Waals surface area (Å²) in [4.78, 5) is 28.7. The first-order valence-electron chi connectivity index (χ1n) is 10.6. The van der Waals surface area contributed by atoms with Gasteiger partial charge in [-0.25, -0.2) is 18.9 Å². The van der Waals surface area contributed by atoms with Crippen molar-refractivity contribution in [2.24, 2.45) is 0 Å². The number of amides is 1. The van der Waals surface area contributed by atoms with Crippen LogP contribution in [-0.2, 0) is 4.74 Å². The number of halogens is 1. The standard InChI is InChI=1S/C24H24FN5O3/c1-4-5-8-26-23(31)19-10-18(15(2)9-20(19)25)17-11-28-30(14-17)22-12-27-21-7-6-16(13-29(21)22)24(32)33-3/h6-7,9-14H,4-5,8H2,1-3H3,(H,26,31). The number of nitrogens with zero attached hydrogens (tertiary/aromatic N) is 4. The molecule has 0 spiro atoms. The molecule has 170 valence electrons. The average molecular weight is 449 g/mol. The Balaban J connectivity index is 1.70. The predicted molar refractivity (Wildman–Crippen MR) is 121 cm³/mol. The third-order valence-corrected chi connectivity index (χ3v) is 5.41. The fraction of sp³-hybridized carbons (Fsp3) is 0.250. The Morgan fingerprint density at radius 3 is 2.76 bits per heavy atom. The van der Waals surface area contributed by atoms with Crippen LogP contribution < -0.4 is 5.32 Å². The maximum atomic E-state index is 14.5. The van der Waals surface area contributed by atoms with Crippen LogP contribution in [0.2, 0.25) is 0 Å². The summed E-state index contributed by atoms with van der Waals surface area (Å²) in [6, 6.07) is 6.27. The smallest absolute Gasteiger partial charge is 0.339 e. The minimum atomic E-state index is -0.560. The van der Waals surface area contributed by atoms with Crippen LogP contribution in [-0.4, -0.2) is 44.7 Å². The zero-order valence-electron chi connectivity index (χ0n) is 18.6. The van der Waals surface area contributed by atoms with E-state index >= 15 is 0 Å². The van der Waals surface area contributed by atoms with Gasteiger partial charge in [-0.15, -0.1) is 0 Å². The topological polar surface area (TPSA) is 90.5 Å². The minimum Gasteiger partial charge on any atom is -0.465 e. The number of fused-ring (bicyclic) bond motifs is 1. The molecule has 0 saturated heterocycles. The molecule has 0 aliphatic heterocycles. The highest BCUT2D eigenvalue weighted by Gasteiger charge is 2.17. The highest BCUT2D eigenvalue weighted by molar-refractivity contribution is 5.96. The Labute approximate surface area is 190 Å². The molecule has 1 amide bonds. The summed E-state index contributed by atoms with van der Waals surface area (Å²) in [5, 5.41) is 7.18. The lowest BCUT2D eigenvalue weighted by Gasteiger charge is -2.10. The van der Waals surface area contributed by atoms with Crippen molar-refractivity contribution in [3.63, 3.8) is 0 Å². The second kappa shape index (κ2) is 9.23. The number of imidazole rings is 1. The molecule has 0 fully saturated rings. The van der Waals surface area contributed by atoms with Gasteiger partial charge in [-0.2, -0.15) is 5.10 Å². The van der Waals surface area contributed by atoms with Crippen LogP contribution in [0.4, 0.5) is 4.39 Å². The van der Waals surface area contributed by atoms with Crippen LogP contribution in [0.1, 0.15) is 46.0 Å². The van der Waals surface area contributed by atoms with E-state index in [1.54, 1.807) is 59.0 Å². The van der Waals surface area contributed by atoms with Crippen LogP contribution in [0.25, 0.3) is 22.6 Å². The summed E-state index contributed by atoms with van der Waals surface area (Å²) in [6.45, 7) is 4.30. The molecule has 33 heavy (non-hydrogen) atoms. The molecule has 0 radical (unpaired) electrons. The van der Waals surface area contributed by atoms with E-state index in [9.17, 15) is 14.0 Å². The summed E-state index contributed by atoms with van der Waals surface area (Å²) < 4.78 is 22.6. The van der Waals surface area contributed by atoms with Crippen molar-refractivity contribution >= 4 is 17.5 Å². The summed E-state index contributed by atoms with van der Waals surface area (Å²) in [7, 11) is 1.32. The number of pyridine rings is 1. The molecule has 1 aromatic carbocycles. The molecule has 3 heterocycles. The van der Waals surface area contributed by atoms with Crippen LogP contribution in [0, 0.1) is 12.7 Å². The number of esters is 1. The van der Waals surface area contributed by atoms with E-state index in [1.165, 1.54) is 13.2 Å². The molecule has 0 unspecified atom stereocenters. The monoisotopic (exact) mass is 449 g/mol. The van der Waals surface area contributed by atoms with Crippen molar-refractivity contribution < 1.29 is 18.7 Å². The van der Waals surface area contributed by atoms with E-state index in [2.05, 4.69) is 15.4 Å². The van der Waals surface area contributed by atoms with Gasteiger partial charge in [-0.05, 0) is 48.7 Å². The van der Waals surface area contributed by atoms with E-state index in [4.69, 9.17) is 4.74 Å². The second-order valence-corrected chi connectivity index (χ2v) is 7.68. The van der Waals surface area contributed by atoms with Crippen LogP contribution in [0.3, 0.4) is 0 Å². The van der Waals surface area contributed by atoms with Crippen LogP contribution in [0.5, 0.6) is 0 Å². The predicted octanol–water partition coefficient (Wildman–Crippen LogP) is 3.95. The number of aryl methyl sites for hydroxylation is 1. The highest BCUT2D eigenvalue weighted by Crippen LogP contribution is 2.27. The molecule has 4 rings (SSSR count). The Bertz CT molecular complexity index is 1340. The molecule has 3 aromatic heterocycles. The molecule has 0 saturated carbocycles. The van der Waals surface area contributed by atoms with Crippen molar-refractivity contribution in [2.45, 2.75) is 26.7 Å². The Morgan fingerprint density at radius 2 is 2.00 bits per heavy atom. The van der Waals surface area contributed by atoms with Gasteiger partial charge in [-0.3, -0.25) is 9.20 Å². The van der Waals surface area contributed by atoms with Gasteiger partial charge in [0, 0.05) is 24.5 Å². The number of benzene rings is 1. The molecule has 0 aliphatic carbocycles. The highest BCUT2D eigenvalue weighted by atomic mass is 19.1. The lowest BCUT2D eigenvalue weighted by molar-refractivity contribution is 0.0600. The lowest BCUT2D eigenvalue weighted by atomic mass is 9.99. The van der Waals surface area contributed by atoms with Gasteiger partial charge in [-0.1, -0.05) is 13.3 Å². The van der Waals surface area contributed by atoms with Crippen molar-refractivity contribution in [3.8, 4) is 16.9 Å². The van der Waals surface area contributed by atoms with Crippen molar-refractivity contribution in [3.05, 3.63) is 71.6 Å². The number of aromatic nitrogens is 4. The molecular formula is C24H24FN5O3. The van der Waals surface area contributed by atoms with Crippen molar-refractivity contribution in [1.29, 1.82) is 0 Å². The molecular weight excluding hydrogens is 425 g/mol. The summed E-state index contributed by atoms with van der Waals surface area (Å²) in [5.74, 6) is -0.842. The Kier molecular flexibility index (Phi) is 6.21. The van der Waals surface area contributed by atoms with Gasteiger partial charge in [0.05, 0.1) is 30.6 Å². The van der Waals surface area contributed by atoms with Gasteiger partial charge in [0.1, 0.15) is 11.5 Å². The number of methoxy groups -OCH3 is 1. The second-order valence-electron chi connectivity index (χ2n) is 7.68. The zero-order chi connectivity index (χ0) is 23.5. The number of hydrogen-bond donors (Lipinski definition) is 1. The third kappa shape index (κ3) is 4.34. The average Bonchev–Trinajstić information content (AvgIpc) is 3.45. The van der Waals surface area contributed by atoms with Gasteiger partial charge in [0.2, 0.25) is 0 Å². The summed E-state index contributed by atoms with van der Waals surface area (Å²) >= 11 is 0. The number of rotatable bonds is 7. The number of ether oxygens (including phenoxy) is 1. The summed E-state index contributed by atoms with van der Waals surface area (Å²) in [6.07, 6.45) is 8.45. The van der Waals surface area contributed by atoms with Crippen LogP contribution >= 0.6 is 0 Å². The van der Waals surface area contributed by atoms with E-state index < -0.39 is 17.7 Å². The minimum absolute atomic E-state index is 0.00280. The number of carbonyl (C=O) groups is 2. The number of unbranched alkanes of at least 4 members (excludes halogenated alkanes) is 1. The normalized spacial score (nSPS) is 11.0. The van der Waals surface area contributed by atoms with Gasteiger partial charge < -0.3 is 10.1 Å². The number of carbonyl (C=O) groups excluding carboxylic acids is 2. The fourth-order valence-corrected chi connectivity index (χ4v) is 3.59. The quantitative estimate of drug-likeness (QED) is 0.341. The lowest BCUT2D eigenvalue weighted by Crippen LogP contribution is -2.25. The molecule has 0 aliphatic rings. The first kappa shape index (κ1) is 22.2. The van der Waals surface area contributed by atoms with Crippen molar-refractivity contribution in [2.75, 3.05) is 13.7 Å². The molecule has 0 bridgehead atoms. The fourth-order valence-electron chi connectivity index (χ4n) is 3.59. The first-order valence-corrected chi connectivity index (χ1v) is 10.6. The SMILES string of the molecule is CCCCNC(=O)c1cc(-c2cnn(-c3cnc4ccc(C(=O)OC)cn34)c2)c(C)cc1F. The molecule has 0 atom stereocenters. The zero-order valence-corrected chi connectivity index (χ0v) is 18.6. The van der Waals surface area contributed by atoms with E-state index in [1.807, 2.05) is 6.92 Å². The summed E-state index contributed by atoms with van der Waals surface area (Å²) in [5.41, 5.74) is 3.12. The van der Waals surface area contributed by atoms with Gasteiger partial charge >= 0.3 is 5.97 Å². The third-order valence-electron chi connectivity index (χ3n) is 5.41.